The second-order valence-electron chi connectivity index (χ2n) is 6.79. The van der Waals surface area contributed by atoms with E-state index in [4.69, 9.17) is 4.74 Å². The number of rotatable bonds is 5. The topological polar surface area (TPSA) is 63.2 Å². The molecule has 1 fully saturated rings. The smallest absolute Gasteiger partial charge is 0.237 e. The molecular weight excluding hydrogens is 302 g/mol. The van der Waals surface area contributed by atoms with Gasteiger partial charge in [-0.05, 0) is 48.5 Å². The number of piperidine rings is 1. The number of nitrogens with zero attached hydrogens (tertiary/aromatic N) is 1. The number of hydrogen-bond acceptors (Lipinski definition) is 4. The lowest BCUT2D eigenvalue weighted by Gasteiger charge is -2.30. The maximum atomic E-state index is 12.2. The molecule has 5 heteroatoms. The number of carbonyl (C=O) groups is 1. The Morgan fingerprint density at radius 2 is 2.25 bits per heavy atom. The van der Waals surface area contributed by atoms with Crippen LogP contribution in [0.3, 0.4) is 0 Å². The van der Waals surface area contributed by atoms with Crippen molar-refractivity contribution in [3.63, 3.8) is 0 Å². The lowest BCUT2D eigenvalue weighted by Crippen LogP contribution is -2.51. The van der Waals surface area contributed by atoms with Crippen molar-refractivity contribution in [3.8, 4) is 5.75 Å². The zero-order valence-corrected chi connectivity index (χ0v) is 14.3. The highest BCUT2D eigenvalue weighted by molar-refractivity contribution is 5.83. The van der Waals surface area contributed by atoms with Gasteiger partial charge < -0.3 is 15.4 Å². The maximum Gasteiger partial charge on any atom is 0.237 e. The molecule has 0 bridgehead atoms. The van der Waals surface area contributed by atoms with Crippen LogP contribution in [0.15, 0.2) is 36.7 Å². The predicted molar refractivity (Wildman–Crippen MR) is 95.0 cm³/mol. The fraction of sp³-hybridized carbons (Fsp3) is 0.474. The van der Waals surface area contributed by atoms with Crippen LogP contribution in [0.1, 0.15) is 26.7 Å². The number of carbonyl (C=O) groups excluding carboxylic acids is 1. The monoisotopic (exact) mass is 327 g/mol. The van der Waals surface area contributed by atoms with Gasteiger partial charge in [0, 0.05) is 30.7 Å². The summed E-state index contributed by atoms with van der Waals surface area (Å²) in [5.74, 6) is 1.38. The fourth-order valence-corrected chi connectivity index (χ4v) is 2.94. The van der Waals surface area contributed by atoms with Gasteiger partial charge in [0.1, 0.15) is 11.9 Å². The van der Waals surface area contributed by atoms with Crippen LogP contribution in [0, 0.1) is 5.92 Å². The minimum atomic E-state index is -0.174. The molecule has 128 valence electrons. The van der Waals surface area contributed by atoms with E-state index in [2.05, 4.69) is 29.5 Å². The Hall–Kier alpha value is -2.14. The molecule has 0 radical (unpaired) electrons. The Morgan fingerprint density at radius 3 is 3.08 bits per heavy atom. The molecular formula is C19H25N3O2. The molecule has 1 aliphatic heterocycles. The van der Waals surface area contributed by atoms with E-state index in [0.717, 1.165) is 29.5 Å². The van der Waals surface area contributed by atoms with Gasteiger partial charge in [-0.15, -0.1) is 0 Å². The van der Waals surface area contributed by atoms with Crippen molar-refractivity contribution in [3.05, 3.63) is 36.7 Å². The molecule has 2 aromatic rings. The average molecular weight is 327 g/mol. The van der Waals surface area contributed by atoms with Crippen molar-refractivity contribution in [1.29, 1.82) is 0 Å². The van der Waals surface area contributed by atoms with E-state index in [1.165, 1.54) is 0 Å². The normalized spacial score (nSPS) is 21.0. The standard InChI is InChI=1S/C19H25N3O2/c1-13(2)11-22-19(23)18-10-17(6-8-21-18)24-16-4-3-15-12-20-7-5-14(15)9-16/h3-5,7,9,12-13,17-18,21H,6,8,10-11H2,1-2H3,(H,22,23)/t17-,18-/m0/s1. The highest BCUT2D eigenvalue weighted by Gasteiger charge is 2.28. The fourth-order valence-electron chi connectivity index (χ4n) is 2.94. The summed E-state index contributed by atoms with van der Waals surface area (Å²) in [4.78, 5) is 16.4. The van der Waals surface area contributed by atoms with E-state index in [0.29, 0.717) is 18.9 Å². The molecule has 1 amide bonds. The molecule has 0 unspecified atom stereocenters. The molecule has 3 rings (SSSR count). The van der Waals surface area contributed by atoms with E-state index in [1.807, 2.05) is 30.5 Å². The van der Waals surface area contributed by atoms with Crippen molar-refractivity contribution >= 4 is 16.7 Å². The third-order valence-corrected chi connectivity index (χ3v) is 4.27. The zero-order valence-electron chi connectivity index (χ0n) is 14.3. The van der Waals surface area contributed by atoms with Gasteiger partial charge >= 0.3 is 0 Å². The van der Waals surface area contributed by atoms with Crippen LogP contribution in [-0.2, 0) is 4.79 Å². The highest BCUT2D eigenvalue weighted by atomic mass is 16.5. The second-order valence-corrected chi connectivity index (χ2v) is 6.79. The van der Waals surface area contributed by atoms with Crippen LogP contribution >= 0.6 is 0 Å². The van der Waals surface area contributed by atoms with E-state index in [-0.39, 0.29) is 18.1 Å². The first-order chi connectivity index (χ1) is 11.6. The number of amides is 1. The van der Waals surface area contributed by atoms with E-state index in [1.54, 1.807) is 6.20 Å². The van der Waals surface area contributed by atoms with Crippen LogP contribution in [0.4, 0.5) is 0 Å². The largest absolute Gasteiger partial charge is 0.490 e. The van der Waals surface area contributed by atoms with Gasteiger partial charge in [0.2, 0.25) is 5.91 Å². The first-order valence-corrected chi connectivity index (χ1v) is 8.63. The zero-order chi connectivity index (χ0) is 16.9. The summed E-state index contributed by atoms with van der Waals surface area (Å²) in [5.41, 5.74) is 0. The molecule has 2 atom stereocenters. The molecule has 2 N–H and O–H groups in total. The number of fused-ring (bicyclic) bond motifs is 1. The highest BCUT2D eigenvalue weighted by Crippen LogP contribution is 2.23. The predicted octanol–water partition coefficient (Wildman–Crippen LogP) is 2.51. The van der Waals surface area contributed by atoms with Crippen molar-refractivity contribution in [2.24, 2.45) is 5.92 Å². The second kappa shape index (κ2) is 7.62. The first kappa shape index (κ1) is 16.7. The molecule has 24 heavy (non-hydrogen) atoms. The van der Waals surface area contributed by atoms with Crippen molar-refractivity contribution in [2.45, 2.75) is 38.8 Å². The van der Waals surface area contributed by atoms with Gasteiger partial charge in [0.05, 0.1) is 6.04 Å². The number of aromatic nitrogens is 1. The molecule has 1 aromatic carbocycles. The Bertz CT molecular complexity index is 702. The lowest BCUT2D eigenvalue weighted by atomic mass is 10.0. The third kappa shape index (κ3) is 4.23. The lowest BCUT2D eigenvalue weighted by molar-refractivity contribution is -0.124. The molecule has 1 aliphatic rings. The number of pyridine rings is 1. The van der Waals surface area contributed by atoms with Gasteiger partial charge in [-0.3, -0.25) is 9.78 Å². The summed E-state index contributed by atoms with van der Waals surface area (Å²) >= 11 is 0. The minimum Gasteiger partial charge on any atom is -0.490 e. The van der Waals surface area contributed by atoms with Crippen molar-refractivity contribution < 1.29 is 9.53 Å². The van der Waals surface area contributed by atoms with Gasteiger partial charge in [-0.25, -0.2) is 0 Å². The summed E-state index contributed by atoms with van der Waals surface area (Å²) in [6, 6.07) is 7.83. The summed E-state index contributed by atoms with van der Waals surface area (Å²) in [7, 11) is 0. The van der Waals surface area contributed by atoms with Crippen LogP contribution < -0.4 is 15.4 Å². The molecule has 5 nitrogen and oxygen atoms in total. The molecule has 0 aliphatic carbocycles. The maximum absolute atomic E-state index is 12.2. The van der Waals surface area contributed by atoms with Crippen LogP contribution in [-0.4, -0.2) is 36.1 Å². The van der Waals surface area contributed by atoms with Crippen molar-refractivity contribution in [2.75, 3.05) is 13.1 Å². The van der Waals surface area contributed by atoms with Crippen LogP contribution in [0.5, 0.6) is 5.75 Å². The Kier molecular flexibility index (Phi) is 5.30. The SMILES string of the molecule is CC(C)CNC(=O)[C@@H]1C[C@@H](Oc2ccc3cnccc3c2)CCN1. The minimum absolute atomic E-state index is 0.0559. The number of hydrogen-bond donors (Lipinski definition) is 2. The molecule has 1 saturated heterocycles. The first-order valence-electron chi connectivity index (χ1n) is 8.63. The van der Waals surface area contributed by atoms with Crippen LogP contribution in [0.2, 0.25) is 0 Å². The molecule has 1 aromatic heterocycles. The number of ether oxygens (including phenoxy) is 1. The van der Waals surface area contributed by atoms with E-state index < -0.39 is 0 Å². The van der Waals surface area contributed by atoms with Crippen LogP contribution in [0.25, 0.3) is 10.8 Å². The van der Waals surface area contributed by atoms with E-state index >= 15 is 0 Å². The molecule has 2 heterocycles. The summed E-state index contributed by atoms with van der Waals surface area (Å²) < 4.78 is 6.13. The van der Waals surface area contributed by atoms with E-state index in [9.17, 15) is 4.79 Å². The molecule has 0 spiro atoms. The third-order valence-electron chi connectivity index (χ3n) is 4.27. The van der Waals surface area contributed by atoms with Crippen molar-refractivity contribution in [1.82, 2.24) is 15.6 Å². The van der Waals surface area contributed by atoms with Gasteiger partial charge in [0.15, 0.2) is 0 Å². The Balaban J connectivity index is 1.60. The Labute approximate surface area is 142 Å². The summed E-state index contributed by atoms with van der Waals surface area (Å²) in [6.45, 7) is 5.69. The summed E-state index contributed by atoms with van der Waals surface area (Å²) in [6.07, 6.45) is 5.28. The average Bonchev–Trinajstić information content (AvgIpc) is 2.60. The number of nitrogens with one attached hydrogen (secondary N) is 2. The molecule has 0 saturated carbocycles. The summed E-state index contributed by atoms with van der Waals surface area (Å²) in [5, 5.41) is 8.50. The Morgan fingerprint density at radius 1 is 1.38 bits per heavy atom. The van der Waals surface area contributed by atoms with Gasteiger partial charge in [-0.1, -0.05) is 13.8 Å². The van der Waals surface area contributed by atoms with Gasteiger partial charge in [-0.2, -0.15) is 0 Å². The van der Waals surface area contributed by atoms with Gasteiger partial charge in [0.25, 0.3) is 0 Å². The quantitative estimate of drug-likeness (QED) is 0.886. The number of benzene rings is 1.